The van der Waals surface area contributed by atoms with Gasteiger partial charge in [-0.2, -0.15) is 0 Å². The molecule has 30 heavy (non-hydrogen) atoms. The van der Waals surface area contributed by atoms with Gasteiger partial charge in [0.25, 0.3) is 0 Å². The van der Waals surface area contributed by atoms with Gasteiger partial charge in [0, 0.05) is 18.5 Å². The van der Waals surface area contributed by atoms with E-state index in [4.69, 9.17) is 0 Å². The molecule has 7 heteroatoms. The zero-order chi connectivity index (χ0) is 21.6. The fraction of sp³-hybridized carbons (Fsp3) is 0.435. The van der Waals surface area contributed by atoms with Crippen LogP contribution >= 0.6 is 0 Å². The molecule has 1 amide bonds. The van der Waals surface area contributed by atoms with Crippen LogP contribution in [0.1, 0.15) is 37.3 Å². The summed E-state index contributed by atoms with van der Waals surface area (Å²) in [5.41, 5.74) is 2.68. The van der Waals surface area contributed by atoms with E-state index in [1.807, 2.05) is 4.90 Å². The van der Waals surface area contributed by atoms with Gasteiger partial charge >= 0.3 is 0 Å². The number of benzene rings is 2. The predicted molar refractivity (Wildman–Crippen MR) is 118 cm³/mol. The lowest BCUT2D eigenvalue weighted by atomic mass is 10.0. The average Bonchev–Trinajstić information content (AvgIpc) is 2.75. The Morgan fingerprint density at radius 3 is 2.27 bits per heavy atom. The Balaban J connectivity index is 1.41. The topological polar surface area (TPSA) is 70.9 Å². The second-order valence-corrected chi connectivity index (χ2v) is 9.93. The lowest BCUT2D eigenvalue weighted by molar-refractivity contribution is -0.917. The van der Waals surface area contributed by atoms with Crippen LogP contribution in [0.5, 0.6) is 0 Å². The highest BCUT2D eigenvalue weighted by atomic mass is 32.2. The van der Waals surface area contributed by atoms with Crippen LogP contribution in [0.3, 0.4) is 0 Å². The van der Waals surface area contributed by atoms with Crippen LogP contribution in [0.15, 0.2) is 59.5 Å². The number of nitrogens with one attached hydrogen (secondary N) is 2. The number of sulfonamides is 1. The van der Waals surface area contributed by atoms with E-state index < -0.39 is 10.0 Å². The number of rotatable bonds is 8. The first-order valence-electron chi connectivity index (χ1n) is 10.6. The van der Waals surface area contributed by atoms with Crippen molar-refractivity contribution in [3.05, 3.63) is 65.7 Å². The SMILES string of the molecule is CC(C)c1ccc(C[NH+]2CCN(C(=O)CCNS(=O)(=O)c3ccccc3)CC2)cc1. The maximum Gasteiger partial charge on any atom is 0.240 e. The molecule has 0 aliphatic carbocycles. The summed E-state index contributed by atoms with van der Waals surface area (Å²) in [6.45, 7) is 8.73. The molecule has 2 N–H and O–H groups in total. The Kier molecular flexibility index (Phi) is 7.64. The van der Waals surface area contributed by atoms with Gasteiger partial charge in [-0.05, 0) is 23.6 Å². The number of quaternary nitrogens is 1. The highest BCUT2D eigenvalue weighted by Gasteiger charge is 2.24. The first kappa shape index (κ1) is 22.5. The molecule has 1 aliphatic heterocycles. The van der Waals surface area contributed by atoms with Crippen LogP contribution < -0.4 is 9.62 Å². The molecule has 0 spiro atoms. The van der Waals surface area contributed by atoms with Gasteiger partial charge in [-0.25, -0.2) is 13.1 Å². The molecule has 0 radical (unpaired) electrons. The molecule has 2 aromatic rings. The first-order chi connectivity index (χ1) is 14.3. The molecule has 0 saturated carbocycles. The number of piperazine rings is 1. The molecule has 6 nitrogen and oxygen atoms in total. The first-order valence-corrected chi connectivity index (χ1v) is 12.1. The molecule has 3 rings (SSSR count). The minimum Gasteiger partial charge on any atom is -0.331 e. The number of hydrogen-bond donors (Lipinski definition) is 2. The summed E-state index contributed by atoms with van der Waals surface area (Å²) in [5.74, 6) is 0.546. The molecule has 0 aromatic heterocycles. The molecule has 1 aliphatic rings. The summed E-state index contributed by atoms with van der Waals surface area (Å²) in [4.78, 5) is 16.0. The van der Waals surface area contributed by atoms with Gasteiger partial charge in [-0.3, -0.25) is 4.79 Å². The van der Waals surface area contributed by atoms with Crippen molar-refractivity contribution in [3.8, 4) is 0 Å². The summed E-state index contributed by atoms with van der Waals surface area (Å²) in [5, 5.41) is 0. The summed E-state index contributed by atoms with van der Waals surface area (Å²) < 4.78 is 27.0. The Bertz CT molecular complexity index is 920. The van der Waals surface area contributed by atoms with Crippen LogP contribution in [0.2, 0.25) is 0 Å². The van der Waals surface area contributed by atoms with Gasteiger partial charge in [-0.15, -0.1) is 0 Å². The van der Waals surface area contributed by atoms with Crippen molar-refractivity contribution in [2.24, 2.45) is 0 Å². The van der Waals surface area contributed by atoms with Crippen molar-refractivity contribution < 1.29 is 18.1 Å². The molecular formula is C23H32N3O3S+. The van der Waals surface area contributed by atoms with Crippen LogP contribution in [-0.4, -0.2) is 51.9 Å². The highest BCUT2D eigenvalue weighted by Crippen LogP contribution is 2.14. The fourth-order valence-electron chi connectivity index (χ4n) is 3.69. The van der Waals surface area contributed by atoms with E-state index in [9.17, 15) is 13.2 Å². The van der Waals surface area contributed by atoms with Gasteiger partial charge in [0.2, 0.25) is 15.9 Å². The van der Waals surface area contributed by atoms with Crippen LogP contribution in [-0.2, 0) is 21.4 Å². The second-order valence-electron chi connectivity index (χ2n) is 8.16. The standard InChI is InChI=1S/C23H31N3O3S/c1-19(2)21-10-8-20(9-11-21)18-25-14-16-26(17-15-25)23(27)12-13-24-30(28,29)22-6-4-3-5-7-22/h3-11,19,24H,12-18H2,1-2H3/p+1. The zero-order valence-corrected chi connectivity index (χ0v) is 18.6. The van der Waals surface area contributed by atoms with E-state index in [-0.39, 0.29) is 23.8 Å². The minimum absolute atomic E-state index is 0.00565. The van der Waals surface area contributed by atoms with Crippen molar-refractivity contribution >= 4 is 15.9 Å². The van der Waals surface area contributed by atoms with Crippen LogP contribution in [0, 0.1) is 0 Å². The lowest BCUT2D eigenvalue weighted by Crippen LogP contribution is -3.13. The fourth-order valence-corrected chi connectivity index (χ4v) is 4.74. The van der Waals surface area contributed by atoms with Gasteiger partial charge < -0.3 is 9.80 Å². The number of hydrogen-bond acceptors (Lipinski definition) is 3. The molecule has 0 atom stereocenters. The Morgan fingerprint density at radius 2 is 1.67 bits per heavy atom. The van der Waals surface area contributed by atoms with Crippen molar-refractivity contribution in [3.63, 3.8) is 0 Å². The monoisotopic (exact) mass is 430 g/mol. The second kappa shape index (κ2) is 10.2. The largest absolute Gasteiger partial charge is 0.331 e. The maximum absolute atomic E-state index is 12.5. The molecule has 2 aromatic carbocycles. The molecular weight excluding hydrogens is 398 g/mol. The molecule has 1 fully saturated rings. The molecule has 1 saturated heterocycles. The van der Waals surface area contributed by atoms with E-state index in [0.717, 1.165) is 19.6 Å². The third-order valence-corrected chi connectivity index (χ3v) is 7.09. The number of nitrogens with zero attached hydrogens (tertiary/aromatic N) is 1. The van der Waals surface area contributed by atoms with E-state index in [0.29, 0.717) is 19.0 Å². The Morgan fingerprint density at radius 1 is 1.03 bits per heavy atom. The number of carbonyl (C=O) groups excluding carboxylic acids is 1. The van der Waals surface area contributed by atoms with E-state index in [1.54, 1.807) is 30.3 Å². The Labute approximate surface area is 179 Å². The zero-order valence-electron chi connectivity index (χ0n) is 17.8. The van der Waals surface area contributed by atoms with E-state index in [2.05, 4.69) is 42.8 Å². The summed E-state index contributed by atoms with van der Waals surface area (Å²) >= 11 is 0. The van der Waals surface area contributed by atoms with Crippen molar-refractivity contribution in [2.45, 2.75) is 37.6 Å². The molecule has 162 valence electrons. The Hall–Kier alpha value is -2.22. The third kappa shape index (κ3) is 6.14. The van der Waals surface area contributed by atoms with Crippen molar-refractivity contribution in [2.75, 3.05) is 32.7 Å². The molecule has 0 bridgehead atoms. The van der Waals surface area contributed by atoms with Gasteiger partial charge in [0.1, 0.15) is 6.54 Å². The third-order valence-electron chi connectivity index (χ3n) is 5.61. The van der Waals surface area contributed by atoms with Gasteiger partial charge in [0.05, 0.1) is 31.1 Å². The minimum atomic E-state index is -3.56. The number of amides is 1. The van der Waals surface area contributed by atoms with E-state index in [1.165, 1.54) is 16.0 Å². The molecule has 1 heterocycles. The summed E-state index contributed by atoms with van der Waals surface area (Å²) in [7, 11) is -3.56. The van der Waals surface area contributed by atoms with E-state index >= 15 is 0 Å². The maximum atomic E-state index is 12.5. The van der Waals surface area contributed by atoms with Gasteiger partial charge in [0.15, 0.2) is 0 Å². The van der Waals surface area contributed by atoms with Gasteiger partial charge in [-0.1, -0.05) is 56.3 Å². The quantitative estimate of drug-likeness (QED) is 0.665. The van der Waals surface area contributed by atoms with Crippen molar-refractivity contribution in [1.82, 2.24) is 9.62 Å². The smallest absolute Gasteiger partial charge is 0.240 e. The predicted octanol–water partition coefficient (Wildman–Crippen LogP) is 1.41. The summed E-state index contributed by atoms with van der Waals surface area (Å²) in [6, 6.07) is 17.0. The normalized spacial score (nSPS) is 15.5. The van der Waals surface area contributed by atoms with Crippen molar-refractivity contribution in [1.29, 1.82) is 0 Å². The molecule has 0 unspecified atom stereocenters. The summed E-state index contributed by atoms with van der Waals surface area (Å²) in [6.07, 6.45) is 0.179. The van der Waals surface area contributed by atoms with Crippen LogP contribution in [0.4, 0.5) is 0 Å². The number of carbonyl (C=O) groups is 1. The lowest BCUT2D eigenvalue weighted by Gasteiger charge is -2.32. The average molecular weight is 431 g/mol. The highest BCUT2D eigenvalue weighted by molar-refractivity contribution is 7.89. The van der Waals surface area contributed by atoms with Crippen LogP contribution in [0.25, 0.3) is 0 Å².